The molecule has 2 unspecified atom stereocenters. The highest BCUT2D eigenvalue weighted by atomic mass is 16.3. The van der Waals surface area contributed by atoms with Crippen LogP contribution in [0.5, 0.6) is 0 Å². The number of carbonyl (C=O) groups excluding carboxylic acids is 1. The molecule has 0 aromatic carbocycles. The fourth-order valence-electron chi connectivity index (χ4n) is 6.13. The largest absolute Gasteiger partial charge is 0.394 e. The summed E-state index contributed by atoms with van der Waals surface area (Å²) in [5.74, 6) is -0.0422. The van der Waals surface area contributed by atoms with Crippen molar-refractivity contribution in [3.8, 4) is 0 Å². The van der Waals surface area contributed by atoms with E-state index in [4.69, 9.17) is 0 Å². The van der Waals surface area contributed by atoms with E-state index < -0.39 is 12.1 Å². The summed E-state index contributed by atoms with van der Waals surface area (Å²) in [6, 6.07) is -0.525. The van der Waals surface area contributed by atoms with E-state index in [0.717, 1.165) is 25.7 Å². The van der Waals surface area contributed by atoms with Gasteiger partial charge in [0.2, 0.25) is 5.91 Å². The number of aliphatic hydroxyl groups is 2. The van der Waals surface area contributed by atoms with Crippen LogP contribution in [0.2, 0.25) is 0 Å². The fraction of sp³-hybridized carbons (Fsp3) is 0.974. The van der Waals surface area contributed by atoms with Crippen LogP contribution in [0.15, 0.2) is 0 Å². The maximum Gasteiger partial charge on any atom is 0.220 e. The third-order valence-corrected chi connectivity index (χ3v) is 9.12. The normalized spacial score (nSPS) is 13.0. The second kappa shape index (κ2) is 34.9. The predicted octanol–water partition coefficient (Wildman–Crippen LogP) is 11.3. The van der Waals surface area contributed by atoms with Gasteiger partial charge in [0, 0.05) is 6.42 Å². The van der Waals surface area contributed by atoms with Gasteiger partial charge in [0.25, 0.3) is 0 Å². The Kier molecular flexibility index (Phi) is 34.4. The maximum atomic E-state index is 12.1. The van der Waals surface area contributed by atoms with Crippen LogP contribution in [-0.4, -0.2) is 34.9 Å². The molecule has 3 N–H and O–H groups in total. The van der Waals surface area contributed by atoms with Crippen LogP contribution in [0.25, 0.3) is 0 Å². The monoisotopic (exact) mass is 596 g/mol. The molecular formula is C38H77NO3. The van der Waals surface area contributed by atoms with E-state index >= 15 is 0 Å². The summed E-state index contributed by atoms with van der Waals surface area (Å²) in [6.07, 6.45) is 40.7. The summed E-state index contributed by atoms with van der Waals surface area (Å²) in [6.45, 7) is 4.29. The quantitative estimate of drug-likeness (QED) is 0.0638. The number of hydrogen-bond acceptors (Lipinski definition) is 3. The number of unbranched alkanes of at least 4 members (excludes halogenated alkanes) is 28. The van der Waals surface area contributed by atoms with Crippen molar-refractivity contribution in [2.24, 2.45) is 0 Å². The first-order valence-electron chi connectivity index (χ1n) is 19.2. The average Bonchev–Trinajstić information content (AvgIpc) is 2.99. The van der Waals surface area contributed by atoms with Crippen molar-refractivity contribution in [2.45, 2.75) is 231 Å². The molecule has 0 rings (SSSR count). The molecule has 0 fully saturated rings. The summed E-state index contributed by atoms with van der Waals surface area (Å²) in [5.41, 5.74) is 0. The molecule has 42 heavy (non-hydrogen) atoms. The van der Waals surface area contributed by atoms with E-state index in [-0.39, 0.29) is 12.5 Å². The average molecular weight is 596 g/mol. The van der Waals surface area contributed by atoms with Crippen molar-refractivity contribution in [2.75, 3.05) is 6.61 Å². The molecule has 0 aromatic rings. The smallest absolute Gasteiger partial charge is 0.220 e. The van der Waals surface area contributed by atoms with Gasteiger partial charge in [0.1, 0.15) is 0 Å². The van der Waals surface area contributed by atoms with Crippen molar-refractivity contribution < 1.29 is 15.0 Å². The standard InChI is InChI=1S/C38H77NO3/c1-3-5-7-9-10-11-12-13-14-15-16-17-18-19-20-21-22-23-24-25-26-27-28-30-31-33-37(41)36(35-40)39-38(42)34-32-29-8-6-4-2/h36-37,40-41H,3-35H2,1-2H3,(H,39,42). The SMILES string of the molecule is CCCCCCCCCCCCCCCCCCCCCCCCCCCC(O)C(CO)NC(=O)CCCCCCC. The van der Waals surface area contributed by atoms with Crippen LogP contribution in [0.3, 0.4) is 0 Å². The van der Waals surface area contributed by atoms with E-state index in [9.17, 15) is 15.0 Å². The van der Waals surface area contributed by atoms with Crippen LogP contribution in [0, 0.1) is 0 Å². The molecule has 2 atom stereocenters. The lowest BCUT2D eigenvalue weighted by molar-refractivity contribution is -0.123. The topological polar surface area (TPSA) is 69.6 Å². The zero-order chi connectivity index (χ0) is 30.8. The molecule has 0 spiro atoms. The Hall–Kier alpha value is -0.610. The van der Waals surface area contributed by atoms with Gasteiger partial charge in [-0.15, -0.1) is 0 Å². The minimum atomic E-state index is -0.649. The third-order valence-electron chi connectivity index (χ3n) is 9.12. The third kappa shape index (κ3) is 30.8. The van der Waals surface area contributed by atoms with Crippen LogP contribution in [-0.2, 0) is 4.79 Å². The molecule has 252 valence electrons. The van der Waals surface area contributed by atoms with Crippen LogP contribution in [0.4, 0.5) is 0 Å². The molecule has 0 radical (unpaired) electrons. The Labute approximate surface area is 264 Å². The molecule has 0 aliphatic heterocycles. The summed E-state index contributed by atoms with van der Waals surface area (Å²) in [4.78, 5) is 12.1. The van der Waals surface area contributed by atoms with Gasteiger partial charge in [0.15, 0.2) is 0 Å². The van der Waals surface area contributed by atoms with Crippen molar-refractivity contribution in [1.82, 2.24) is 5.32 Å². The number of nitrogens with one attached hydrogen (secondary N) is 1. The minimum absolute atomic E-state index is 0.0422. The van der Waals surface area contributed by atoms with E-state index in [0.29, 0.717) is 12.8 Å². The van der Waals surface area contributed by atoms with Crippen LogP contribution >= 0.6 is 0 Å². The minimum Gasteiger partial charge on any atom is -0.394 e. The lowest BCUT2D eigenvalue weighted by atomic mass is 10.0. The molecule has 0 bridgehead atoms. The molecule has 0 aliphatic rings. The molecule has 1 amide bonds. The van der Waals surface area contributed by atoms with Crippen molar-refractivity contribution in [1.29, 1.82) is 0 Å². The Morgan fingerprint density at radius 1 is 0.476 bits per heavy atom. The number of rotatable bonds is 35. The van der Waals surface area contributed by atoms with Crippen molar-refractivity contribution in [3.05, 3.63) is 0 Å². The molecule has 0 aromatic heterocycles. The Bertz CT molecular complexity index is 526. The molecular weight excluding hydrogens is 518 g/mol. The number of hydrogen-bond donors (Lipinski definition) is 3. The first kappa shape index (κ1) is 41.4. The van der Waals surface area contributed by atoms with Gasteiger partial charge in [0.05, 0.1) is 18.8 Å². The number of amides is 1. The summed E-state index contributed by atoms with van der Waals surface area (Å²) < 4.78 is 0. The summed E-state index contributed by atoms with van der Waals surface area (Å²) in [7, 11) is 0. The highest BCUT2D eigenvalue weighted by molar-refractivity contribution is 5.76. The molecule has 4 heteroatoms. The molecule has 0 aliphatic carbocycles. The zero-order valence-corrected chi connectivity index (χ0v) is 28.8. The number of aliphatic hydroxyl groups excluding tert-OH is 2. The van der Waals surface area contributed by atoms with Gasteiger partial charge in [-0.1, -0.05) is 200 Å². The second-order valence-electron chi connectivity index (χ2n) is 13.4. The van der Waals surface area contributed by atoms with Crippen LogP contribution in [0.1, 0.15) is 219 Å². The number of carbonyl (C=O) groups is 1. The van der Waals surface area contributed by atoms with E-state index in [1.165, 1.54) is 167 Å². The summed E-state index contributed by atoms with van der Waals surface area (Å²) >= 11 is 0. The Balaban J connectivity index is 3.35. The van der Waals surface area contributed by atoms with Gasteiger partial charge in [-0.2, -0.15) is 0 Å². The molecule has 0 heterocycles. The highest BCUT2D eigenvalue weighted by Gasteiger charge is 2.19. The van der Waals surface area contributed by atoms with E-state index in [2.05, 4.69) is 19.2 Å². The zero-order valence-electron chi connectivity index (χ0n) is 28.8. The first-order valence-corrected chi connectivity index (χ1v) is 19.2. The van der Waals surface area contributed by atoms with Gasteiger partial charge in [-0.3, -0.25) is 4.79 Å². The molecule has 0 saturated carbocycles. The maximum absolute atomic E-state index is 12.1. The molecule has 4 nitrogen and oxygen atoms in total. The fourth-order valence-corrected chi connectivity index (χ4v) is 6.13. The van der Waals surface area contributed by atoms with Gasteiger partial charge < -0.3 is 15.5 Å². The first-order chi connectivity index (χ1) is 20.7. The van der Waals surface area contributed by atoms with Crippen molar-refractivity contribution >= 4 is 5.91 Å². The van der Waals surface area contributed by atoms with Crippen molar-refractivity contribution in [3.63, 3.8) is 0 Å². The van der Waals surface area contributed by atoms with Gasteiger partial charge in [-0.25, -0.2) is 0 Å². The van der Waals surface area contributed by atoms with Crippen LogP contribution < -0.4 is 5.32 Å². The Morgan fingerprint density at radius 2 is 0.762 bits per heavy atom. The van der Waals surface area contributed by atoms with E-state index in [1.54, 1.807) is 0 Å². The van der Waals surface area contributed by atoms with Gasteiger partial charge >= 0.3 is 0 Å². The lowest BCUT2D eigenvalue weighted by Gasteiger charge is -2.22. The second-order valence-corrected chi connectivity index (χ2v) is 13.4. The highest BCUT2D eigenvalue weighted by Crippen LogP contribution is 2.16. The van der Waals surface area contributed by atoms with E-state index in [1.807, 2.05) is 0 Å². The summed E-state index contributed by atoms with van der Waals surface area (Å²) in [5, 5.41) is 22.8. The van der Waals surface area contributed by atoms with Gasteiger partial charge in [-0.05, 0) is 12.8 Å². The lowest BCUT2D eigenvalue weighted by Crippen LogP contribution is -2.45. The Morgan fingerprint density at radius 3 is 1.07 bits per heavy atom. The molecule has 0 saturated heterocycles. The predicted molar refractivity (Wildman–Crippen MR) is 184 cm³/mol.